The van der Waals surface area contributed by atoms with Gasteiger partial charge in [-0.2, -0.15) is 0 Å². The van der Waals surface area contributed by atoms with E-state index >= 15 is 0 Å². The van der Waals surface area contributed by atoms with Gasteiger partial charge in [-0.3, -0.25) is 4.79 Å². The smallest absolute Gasteiger partial charge is 0.328 e. The fraction of sp³-hybridized carbons (Fsp3) is 0.353. The molecule has 1 atom stereocenters. The topological polar surface area (TPSA) is 64.4 Å². The van der Waals surface area contributed by atoms with Gasteiger partial charge in [0.15, 0.2) is 0 Å². The maximum Gasteiger partial charge on any atom is 0.328 e. The number of hydrogen-bond acceptors (Lipinski definition) is 4. The lowest BCUT2D eigenvalue weighted by molar-refractivity contribution is -0.145. The number of carbonyl (C=O) groups excluding carboxylic acids is 2. The van der Waals surface area contributed by atoms with Gasteiger partial charge in [-0.15, -0.1) is 0 Å². The van der Waals surface area contributed by atoms with Gasteiger partial charge in [-0.1, -0.05) is 0 Å². The molecule has 1 aliphatic rings. The van der Waals surface area contributed by atoms with Crippen molar-refractivity contribution < 1.29 is 14.3 Å². The normalized spacial score (nSPS) is 15.0. The SMILES string of the molecule is COC(=O)[C@@H](C)N(C(=O)c1ccc(-n2cccc2)nc1)C1CC1. The van der Waals surface area contributed by atoms with Crippen LogP contribution in [0.5, 0.6) is 0 Å². The van der Waals surface area contributed by atoms with E-state index in [1.165, 1.54) is 7.11 Å². The Hall–Kier alpha value is -2.63. The van der Waals surface area contributed by atoms with Crippen LogP contribution in [-0.4, -0.2) is 45.5 Å². The summed E-state index contributed by atoms with van der Waals surface area (Å²) in [5.41, 5.74) is 0.476. The second kappa shape index (κ2) is 6.24. The Morgan fingerprint density at radius 2 is 2.00 bits per heavy atom. The number of ether oxygens (including phenoxy) is 1. The van der Waals surface area contributed by atoms with Crippen LogP contribution in [-0.2, 0) is 9.53 Å². The lowest BCUT2D eigenvalue weighted by Gasteiger charge is -2.27. The molecule has 23 heavy (non-hydrogen) atoms. The minimum Gasteiger partial charge on any atom is -0.467 e. The van der Waals surface area contributed by atoms with Crippen LogP contribution in [0.15, 0.2) is 42.9 Å². The minimum atomic E-state index is -0.593. The van der Waals surface area contributed by atoms with Gasteiger partial charge in [-0.05, 0) is 44.0 Å². The zero-order valence-electron chi connectivity index (χ0n) is 13.2. The molecule has 2 aromatic rings. The molecule has 0 unspecified atom stereocenters. The van der Waals surface area contributed by atoms with Crippen LogP contribution in [0, 0.1) is 0 Å². The second-order valence-corrected chi connectivity index (χ2v) is 5.64. The van der Waals surface area contributed by atoms with E-state index in [1.807, 2.05) is 29.1 Å². The van der Waals surface area contributed by atoms with Crippen molar-refractivity contribution in [2.24, 2.45) is 0 Å². The first-order valence-electron chi connectivity index (χ1n) is 7.61. The summed E-state index contributed by atoms with van der Waals surface area (Å²) in [5.74, 6) is 0.157. The predicted octanol–water partition coefficient (Wildman–Crippen LogP) is 2.04. The van der Waals surface area contributed by atoms with Crippen LogP contribution < -0.4 is 0 Å². The van der Waals surface area contributed by atoms with Crippen molar-refractivity contribution in [1.82, 2.24) is 14.5 Å². The highest BCUT2D eigenvalue weighted by molar-refractivity contribution is 5.97. The van der Waals surface area contributed by atoms with E-state index in [-0.39, 0.29) is 11.9 Å². The fourth-order valence-electron chi connectivity index (χ4n) is 2.60. The molecule has 0 bridgehead atoms. The number of esters is 1. The summed E-state index contributed by atoms with van der Waals surface area (Å²) >= 11 is 0. The summed E-state index contributed by atoms with van der Waals surface area (Å²) in [7, 11) is 1.34. The number of rotatable bonds is 5. The third-order valence-electron chi connectivity index (χ3n) is 4.00. The van der Waals surface area contributed by atoms with Crippen molar-refractivity contribution in [3.63, 3.8) is 0 Å². The van der Waals surface area contributed by atoms with E-state index in [0.29, 0.717) is 5.56 Å². The molecule has 1 saturated carbocycles. The Morgan fingerprint density at radius 1 is 1.30 bits per heavy atom. The van der Waals surface area contributed by atoms with E-state index in [2.05, 4.69) is 4.98 Å². The molecule has 2 heterocycles. The Kier molecular flexibility index (Phi) is 4.14. The maximum absolute atomic E-state index is 12.8. The van der Waals surface area contributed by atoms with E-state index in [0.717, 1.165) is 18.7 Å². The van der Waals surface area contributed by atoms with Crippen LogP contribution in [0.3, 0.4) is 0 Å². The molecule has 0 saturated heterocycles. The zero-order valence-corrected chi connectivity index (χ0v) is 13.2. The van der Waals surface area contributed by atoms with E-state index in [9.17, 15) is 9.59 Å². The minimum absolute atomic E-state index is 0.112. The number of carbonyl (C=O) groups is 2. The highest BCUT2D eigenvalue weighted by atomic mass is 16.5. The Balaban J connectivity index is 1.81. The molecule has 2 aromatic heterocycles. The van der Waals surface area contributed by atoms with Crippen molar-refractivity contribution in [3.8, 4) is 5.82 Å². The van der Waals surface area contributed by atoms with Gasteiger partial charge >= 0.3 is 5.97 Å². The first-order valence-corrected chi connectivity index (χ1v) is 7.61. The lowest BCUT2D eigenvalue weighted by atomic mass is 10.2. The molecule has 0 N–H and O–H groups in total. The Morgan fingerprint density at radius 3 is 2.52 bits per heavy atom. The van der Waals surface area contributed by atoms with Crippen LogP contribution in [0.2, 0.25) is 0 Å². The summed E-state index contributed by atoms with van der Waals surface area (Å²) in [6.07, 6.45) is 7.17. The summed E-state index contributed by atoms with van der Waals surface area (Å²) in [6, 6.07) is 6.87. The highest BCUT2D eigenvalue weighted by Gasteiger charge is 2.39. The van der Waals surface area contributed by atoms with E-state index in [4.69, 9.17) is 4.74 Å². The van der Waals surface area contributed by atoms with Gasteiger partial charge in [0.05, 0.1) is 12.7 Å². The summed E-state index contributed by atoms with van der Waals surface area (Å²) in [5, 5.41) is 0. The fourth-order valence-corrected chi connectivity index (χ4v) is 2.60. The molecule has 1 amide bonds. The standard InChI is InChI=1S/C17H19N3O3/c1-12(17(22)23-2)20(14-6-7-14)16(21)13-5-8-15(18-11-13)19-9-3-4-10-19/h3-5,8-12,14H,6-7H2,1-2H3/t12-/m1/s1. The first kappa shape index (κ1) is 15.3. The first-order chi connectivity index (χ1) is 11.1. The van der Waals surface area contributed by atoms with Crippen molar-refractivity contribution in [3.05, 3.63) is 48.4 Å². The molecule has 1 aliphatic carbocycles. The van der Waals surface area contributed by atoms with Crippen LogP contribution in [0.4, 0.5) is 0 Å². The van der Waals surface area contributed by atoms with Crippen molar-refractivity contribution >= 4 is 11.9 Å². The molecule has 0 aromatic carbocycles. The van der Waals surface area contributed by atoms with Gasteiger partial charge in [0.1, 0.15) is 11.9 Å². The lowest BCUT2D eigenvalue weighted by Crippen LogP contribution is -2.45. The molecule has 0 radical (unpaired) electrons. The van der Waals surface area contributed by atoms with Gasteiger partial charge in [0.25, 0.3) is 5.91 Å². The molecule has 120 valence electrons. The molecule has 0 spiro atoms. The highest BCUT2D eigenvalue weighted by Crippen LogP contribution is 2.30. The number of aromatic nitrogens is 2. The average Bonchev–Trinajstić information content (AvgIpc) is 3.26. The van der Waals surface area contributed by atoms with E-state index in [1.54, 1.807) is 30.2 Å². The quantitative estimate of drug-likeness (QED) is 0.792. The Bertz CT molecular complexity index is 690. The van der Waals surface area contributed by atoms with Crippen molar-refractivity contribution in [2.45, 2.75) is 31.8 Å². The molecular formula is C17H19N3O3. The van der Waals surface area contributed by atoms with Crippen molar-refractivity contribution in [2.75, 3.05) is 7.11 Å². The molecule has 3 rings (SSSR count). The number of nitrogens with zero attached hydrogens (tertiary/aromatic N) is 3. The number of hydrogen-bond donors (Lipinski definition) is 0. The summed E-state index contributed by atoms with van der Waals surface area (Å²) < 4.78 is 6.64. The van der Waals surface area contributed by atoms with Crippen LogP contribution in [0.1, 0.15) is 30.1 Å². The average molecular weight is 313 g/mol. The largest absolute Gasteiger partial charge is 0.467 e. The Labute approximate surface area is 134 Å². The van der Waals surface area contributed by atoms with Crippen LogP contribution >= 0.6 is 0 Å². The third-order valence-corrected chi connectivity index (χ3v) is 4.00. The number of pyridine rings is 1. The maximum atomic E-state index is 12.8. The molecule has 0 aliphatic heterocycles. The van der Waals surface area contributed by atoms with E-state index < -0.39 is 12.0 Å². The van der Waals surface area contributed by atoms with Gasteiger partial charge in [0.2, 0.25) is 0 Å². The monoisotopic (exact) mass is 313 g/mol. The van der Waals surface area contributed by atoms with Crippen LogP contribution in [0.25, 0.3) is 5.82 Å². The summed E-state index contributed by atoms with van der Waals surface area (Å²) in [4.78, 5) is 30.5. The van der Waals surface area contributed by atoms with Gasteiger partial charge in [0, 0.05) is 24.6 Å². The zero-order chi connectivity index (χ0) is 16.4. The molecule has 6 heteroatoms. The third kappa shape index (κ3) is 3.11. The molecule has 6 nitrogen and oxygen atoms in total. The number of methoxy groups -OCH3 is 1. The predicted molar refractivity (Wildman–Crippen MR) is 84.2 cm³/mol. The molecular weight excluding hydrogens is 294 g/mol. The summed E-state index contributed by atoms with van der Waals surface area (Å²) in [6.45, 7) is 1.70. The van der Waals surface area contributed by atoms with Gasteiger partial charge in [-0.25, -0.2) is 9.78 Å². The second-order valence-electron chi connectivity index (χ2n) is 5.64. The van der Waals surface area contributed by atoms with Gasteiger partial charge < -0.3 is 14.2 Å². The number of amides is 1. The molecule has 1 fully saturated rings. The van der Waals surface area contributed by atoms with Crippen molar-refractivity contribution in [1.29, 1.82) is 0 Å².